The number of H-pyrrole nitrogens is 1. The van der Waals surface area contributed by atoms with E-state index in [0.717, 1.165) is 34.3 Å². The van der Waals surface area contributed by atoms with Crippen molar-refractivity contribution >= 4 is 22.6 Å². The highest BCUT2D eigenvalue weighted by molar-refractivity contribution is 5.96. The fourth-order valence-corrected chi connectivity index (χ4v) is 4.16. The van der Waals surface area contributed by atoms with Crippen LogP contribution in [0.4, 0.5) is 0 Å². The second-order valence-corrected chi connectivity index (χ2v) is 7.22. The molecule has 1 aromatic heterocycles. The summed E-state index contributed by atoms with van der Waals surface area (Å²) < 4.78 is 0. The molecule has 3 heterocycles. The first-order valence-electron chi connectivity index (χ1n) is 9.33. The van der Waals surface area contributed by atoms with Gasteiger partial charge in [-0.2, -0.15) is 5.10 Å². The lowest BCUT2D eigenvalue weighted by Gasteiger charge is -2.29. The number of nitrogens with one attached hydrogen (secondary N) is 2. The molecule has 1 saturated heterocycles. The molecule has 1 atom stereocenters. The van der Waals surface area contributed by atoms with E-state index in [2.05, 4.69) is 39.8 Å². The highest BCUT2D eigenvalue weighted by Gasteiger charge is 2.33. The van der Waals surface area contributed by atoms with E-state index in [0.29, 0.717) is 25.9 Å². The lowest BCUT2D eigenvalue weighted by molar-refractivity contribution is -0.135. The zero-order valence-corrected chi connectivity index (χ0v) is 14.9. The van der Waals surface area contributed by atoms with Crippen molar-refractivity contribution in [3.8, 4) is 11.3 Å². The molecule has 136 valence electrons. The number of hydrogen-bond acceptors (Lipinski definition) is 3. The summed E-state index contributed by atoms with van der Waals surface area (Å²) in [5, 5.41) is 12.9. The average Bonchev–Trinajstić information content (AvgIpc) is 3.32. The van der Waals surface area contributed by atoms with E-state index in [-0.39, 0.29) is 17.9 Å². The lowest BCUT2D eigenvalue weighted by Crippen LogP contribution is -2.46. The third-order valence-electron chi connectivity index (χ3n) is 5.58. The molecule has 0 radical (unpaired) electrons. The minimum Gasteiger partial charge on any atom is -0.344 e. The van der Waals surface area contributed by atoms with Crippen LogP contribution in [0, 0.1) is 0 Å². The van der Waals surface area contributed by atoms with Crippen molar-refractivity contribution in [2.24, 2.45) is 0 Å². The third-order valence-corrected chi connectivity index (χ3v) is 5.58. The number of aromatic amines is 1. The van der Waals surface area contributed by atoms with E-state index < -0.39 is 0 Å². The Balaban J connectivity index is 1.50. The van der Waals surface area contributed by atoms with Gasteiger partial charge in [0.25, 0.3) is 0 Å². The molecule has 27 heavy (non-hydrogen) atoms. The predicted octanol–water partition coefficient (Wildman–Crippen LogP) is 2.39. The fourth-order valence-electron chi connectivity index (χ4n) is 4.16. The molecule has 5 rings (SSSR count). The van der Waals surface area contributed by atoms with Gasteiger partial charge in [0, 0.05) is 42.8 Å². The monoisotopic (exact) mass is 360 g/mol. The average molecular weight is 360 g/mol. The molecule has 2 N–H and O–H groups in total. The smallest absolute Gasteiger partial charge is 0.245 e. The predicted molar refractivity (Wildman–Crippen MR) is 102 cm³/mol. The van der Waals surface area contributed by atoms with Crippen molar-refractivity contribution in [3.05, 3.63) is 53.7 Å². The van der Waals surface area contributed by atoms with Gasteiger partial charge in [-0.25, -0.2) is 0 Å². The van der Waals surface area contributed by atoms with Crippen LogP contribution in [0.5, 0.6) is 0 Å². The molecular formula is C21H20N4O2. The van der Waals surface area contributed by atoms with Gasteiger partial charge in [0.05, 0.1) is 5.69 Å². The number of carbonyl (C=O) groups excluding carboxylic acids is 2. The molecule has 6 heteroatoms. The molecule has 1 fully saturated rings. The number of rotatable bonds is 2. The SMILES string of the molecule is O=C1CC[C@H](C(=O)N2CCc3[nH]nc(-c4cccc5ccccc45)c3C2)N1. The van der Waals surface area contributed by atoms with Gasteiger partial charge in [0.1, 0.15) is 6.04 Å². The molecule has 0 bridgehead atoms. The number of fused-ring (bicyclic) bond motifs is 2. The van der Waals surface area contributed by atoms with Crippen LogP contribution in [0.2, 0.25) is 0 Å². The van der Waals surface area contributed by atoms with E-state index >= 15 is 0 Å². The van der Waals surface area contributed by atoms with E-state index in [4.69, 9.17) is 0 Å². The van der Waals surface area contributed by atoms with Crippen molar-refractivity contribution in [1.82, 2.24) is 20.4 Å². The van der Waals surface area contributed by atoms with Crippen molar-refractivity contribution in [2.45, 2.75) is 31.8 Å². The molecule has 3 aromatic rings. The number of amides is 2. The summed E-state index contributed by atoms with van der Waals surface area (Å²) in [5.41, 5.74) is 4.16. The Kier molecular flexibility index (Phi) is 3.70. The van der Waals surface area contributed by atoms with Crippen LogP contribution in [0.3, 0.4) is 0 Å². The molecule has 2 aliphatic rings. The maximum absolute atomic E-state index is 12.8. The Morgan fingerprint density at radius 2 is 1.96 bits per heavy atom. The molecule has 0 saturated carbocycles. The van der Waals surface area contributed by atoms with Crippen LogP contribution >= 0.6 is 0 Å². The number of nitrogens with zero attached hydrogens (tertiary/aromatic N) is 2. The van der Waals surface area contributed by atoms with Gasteiger partial charge in [0.15, 0.2) is 0 Å². The van der Waals surface area contributed by atoms with Gasteiger partial charge in [-0.05, 0) is 17.2 Å². The van der Waals surface area contributed by atoms with Gasteiger partial charge in [-0.15, -0.1) is 0 Å². The molecule has 0 spiro atoms. The van der Waals surface area contributed by atoms with Crippen molar-refractivity contribution in [3.63, 3.8) is 0 Å². The second kappa shape index (κ2) is 6.23. The largest absolute Gasteiger partial charge is 0.344 e. The first-order chi connectivity index (χ1) is 13.2. The Hall–Kier alpha value is -3.15. The Morgan fingerprint density at radius 1 is 1.11 bits per heavy atom. The highest BCUT2D eigenvalue weighted by atomic mass is 16.2. The topological polar surface area (TPSA) is 78.1 Å². The quantitative estimate of drug-likeness (QED) is 0.737. The van der Waals surface area contributed by atoms with Gasteiger partial charge in [-0.3, -0.25) is 14.7 Å². The van der Waals surface area contributed by atoms with Crippen LogP contribution in [0.25, 0.3) is 22.0 Å². The summed E-state index contributed by atoms with van der Waals surface area (Å²) >= 11 is 0. The number of hydrogen-bond donors (Lipinski definition) is 2. The minimum absolute atomic E-state index is 0.0107. The normalized spacial score (nSPS) is 19.2. The molecular weight excluding hydrogens is 340 g/mol. The number of carbonyl (C=O) groups is 2. The maximum atomic E-state index is 12.8. The Labute approximate surface area is 156 Å². The fraction of sp³-hybridized carbons (Fsp3) is 0.286. The third kappa shape index (κ3) is 2.68. The first-order valence-corrected chi connectivity index (χ1v) is 9.33. The van der Waals surface area contributed by atoms with Gasteiger partial charge >= 0.3 is 0 Å². The van der Waals surface area contributed by atoms with Crippen molar-refractivity contribution in [2.75, 3.05) is 6.54 Å². The number of aromatic nitrogens is 2. The zero-order valence-electron chi connectivity index (χ0n) is 14.9. The summed E-state index contributed by atoms with van der Waals surface area (Å²) in [7, 11) is 0. The maximum Gasteiger partial charge on any atom is 0.245 e. The van der Waals surface area contributed by atoms with Gasteiger partial charge < -0.3 is 10.2 Å². The van der Waals surface area contributed by atoms with Gasteiger partial charge in [-0.1, -0.05) is 42.5 Å². The van der Waals surface area contributed by atoms with E-state index in [1.807, 2.05) is 23.1 Å². The van der Waals surface area contributed by atoms with Crippen LogP contribution in [-0.4, -0.2) is 39.5 Å². The van der Waals surface area contributed by atoms with Crippen LogP contribution in [-0.2, 0) is 22.6 Å². The van der Waals surface area contributed by atoms with E-state index in [1.54, 1.807) is 0 Å². The van der Waals surface area contributed by atoms with Crippen LogP contribution in [0.15, 0.2) is 42.5 Å². The summed E-state index contributed by atoms with van der Waals surface area (Å²) in [6, 6.07) is 14.1. The lowest BCUT2D eigenvalue weighted by atomic mass is 9.96. The van der Waals surface area contributed by atoms with Crippen LogP contribution in [0.1, 0.15) is 24.1 Å². The second-order valence-electron chi connectivity index (χ2n) is 7.22. The number of benzene rings is 2. The molecule has 2 aliphatic heterocycles. The molecule has 0 unspecified atom stereocenters. The molecule has 2 aromatic carbocycles. The minimum atomic E-state index is -0.382. The summed E-state index contributed by atoms with van der Waals surface area (Å²) in [5.74, 6) is -0.0256. The molecule has 2 amide bonds. The van der Waals surface area contributed by atoms with Crippen molar-refractivity contribution < 1.29 is 9.59 Å². The molecule has 0 aliphatic carbocycles. The summed E-state index contributed by atoms with van der Waals surface area (Å²) in [6.07, 6.45) is 1.77. The summed E-state index contributed by atoms with van der Waals surface area (Å²) in [6.45, 7) is 1.17. The van der Waals surface area contributed by atoms with E-state index in [1.165, 1.54) is 5.39 Å². The van der Waals surface area contributed by atoms with E-state index in [9.17, 15) is 9.59 Å². The standard InChI is InChI=1S/C21H20N4O2/c26-19-9-8-18(22-19)21(27)25-11-10-17-16(12-25)20(24-23-17)15-7-3-5-13-4-1-2-6-14(13)15/h1-7,18H,8-12H2,(H,22,26)(H,23,24)/t18-/m1/s1. The van der Waals surface area contributed by atoms with Gasteiger partial charge in [0.2, 0.25) is 11.8 Å². The van der Waals surface area contributed by atoms with Crippen LogP contribution < -0.4 is 5.32 Å². The Bertz CT molecular complexity index is 1050. The molecule has 6 nitrogen and oxygen atoms in total. The Morgan fingerprint density at radius 3 is 2.81 bits per heavy atom. The zero-order chi connectivity index (χ0) is 18.4. The van der Waals surface area contributed by atoms with Crippen molar-refractivity contribution in [1.29, 1.82) is 0 Å². The highest BCUT2D eigenvalue weighted by Crippen LogP contribution is 2.33. The first kappa shape index (κ1) is 16.1. The summed E-state index contributed by atoms with van der Waals surface area (Å²) in [4.78, 5) is 26.1.